The average Bonchev–Trinajstić information content (AvgIpc) is 2.34. The van der Waals surface area contributed by atoms with Crippen LogP contribution in [0.3, 0.4) is 0 Å². The van der Waals surface area contributed by atoms with Gasteiger partial charge in [0, 0.05) is 13.1 Å². The number of nitriles is 1. The molecule has 1 heterocycles. The first-order valence-corrected chi connectivity index (χ1v) is 6.82. The van der Waals surface area contributed by atoms with Crippen LogP contribution in [0.4, 0.5) is 0 Å². The first-order valence-electron chi connectivity index (χ1n) is 6.82. The van der Waals surface area contributed by atoms with Gasteiger partial charge in [0.2, 0.25) is 5.91 Å². The Kier molecular flexibility index (Phi) is 3.42. The van der Waals surface area contributed by atoms with Crippen molar-refractivity contribution in [3.05, 3.63) is 0 Å². The van der Waals surface area contributed by atoms with Crippen LogP contribution in [0.2, 0.25) is 0 Å². The van der Waals surface area contributed by atoms with Crippen molar-refractivity contribution in [2.24, 2.45) is 17.3 Å². The molecule has 0 spiro atoms. The highest BCUT2D eigenvalue weighted by atomic mass is 16.2. The fourth-order valence-electron chi connectivity index (χ4n) is 3.33. The Morgan fingerprint density at radius 1 is 1.53 bits per heavy atom. The molecule has 1 saturated carbocycles. The molecule has 94 valence electrons. The third-order valence-corrected chi connectivity index (χ3v) is 4.40. The van der Waals surface area contributed by atoms with Gasteiger partial charge in [-0.25, -0.2) is 0 Å². The van der Waals surface area contributed by atoms with E-state index in [9.17, 15) is 10.1 Å². The highest BCUT2D eigenvalue weighted by molar-refractivity contribution is 5.86. The van der Waals surface area contributed by atoms with Crippen LogP contribution in [0.1, 0.15) is 46.0 Å². The Labute approximate surface area is 104 Å². The van der Waals surface area contributed by atoms with Gasteiger partial charge in [0.15, 0.2) is 0 Å². The van der Waals surface area contributed by atoms with Crippen molar-refractivity contribution in [1.82, 2.24) is 4.90 Å². The number of likely N-dealkylation sites (tertiary alicyclic amines) is 1. The predicted octanol–water partition coefficient (Wildman–Crippen LogP) is 2.57. The molecule has 0 N–H and O–H groups in total. The van der Waals surface area contributed by atoms with E-state index in [1.165, 1.54) is 6.42 Å². The molecule has 1 aliphatic heterocycles. The van der Waals surface area contributed by atoms with E-state index in [0.29, 0.717) is 11.8 Å². The zero-order valence-electron chi connectivity index (χ0n) is 10.9. The van der Waals surface area contributed by atoms with Crippen LogP contribution in [-0.4, -0.2) is 23.9 Å². The van der Waals surface area contributed by atoms with Crippen LogP contribution in [0, 0.1) is 28.6 Å². The summed E-state index contributed by atoms with van der Waals surface area (Å²) >= 11 is 0. The van der Waals surface area contributed by atoms with Gasteiger partial charge in [-0.1, -0.05) is 20.3 Å². The van der Waals surface area contributed by atoms with E-state index in [4.69, 9.17) is 0 Å². The summed E-state index contributed by atoms with van der Waals surface area (Å²) in [6.07, 6.45) is 4.99. The van der Waals surface area contributed by atoms with E-state index >= 15 is 0 Å². The van der Waals surface area contributed by atoms with Gasteiger partial charge in [-0.3, -0.25) is 4.79 Å². The van der Waals surface area contributed by atoms with Crippen molar-refractivity contribution in [2.45, 2.75) is 46.0 Å². The van der Waals surface area contributed by atoms with Gasteiger partial charge < -0.3 is 4.90 Å². The Bertz CT molecular complexity index is 339. The molecule has 1 unspecified atom stereocenters. The van der Waals surface area contributed by atoms with Crippen molar-refractivity contribution < 1.29 is 4.79 Å². The summed E-state index contributed by atoms with van der Waals surface area (Å²) in [4.78, 5) is 14.4. The van der Waals surface area contributed by atoms with Crippen LogP contribution in [0.25, 0.3) is 0 Å². The largest absolute Gasteiger partial charge is 0.341 e. The van der Waals surface area contributed by atoms with E-state index in [2.05, 4.69) is 19.9 Å². The molecular formula is C14H22N2O. The fourth-order valence-corrected chi connectivity index (χ4v) is 3.33. The number of amides is 1. The second-order valence-corrected chi connectivity index (χ2v) is 5.88. The number of piperidine rings is 1. The van der Waals surface area contributed by atoms with Gasteiger partial charge in [-0.2, -0.15) is 5.26 Å². The summed E-state index contributed by atoms with van der Waals surface area (Å²) in [5.41, 5.74) is -0.672. The highest BCUT2D eigenvalue weighted by Gasteiger charge is 2.51. The van der Waals surface area contributed by atoms with Gasteiger partial charge in [0.25, 0.3) is 0 Å². The van der Waals surface area contributed by atoms with Gasteiger partial charge >= 0.3 is 0 Å². The number of hydrogen-bond donors (Lipinski definition) is 0. The van der Waals surface area contributed by atoms with Crippen LogP contribution in [-0.2, 0) is 4.79 Å². The first-order chi connectivity index (χ1) is 8.11. The maximum absolute atomic E-state index is 12.4. The van der Waals surface area contributed by atoms with Crippen molar-refractivity contribution in [3.63, 3.8) is 0 Å². The number of nitrogens with zero attached hydrogens (tertiary/aromatic N) is 2. The van der Waals surface area contributed by atoms with Gasteiger partial charge in [0.05, 0.1) is 6.07 Å². The van der Waals surface area contributed by atoms with Gasteiger partial charge in [-0.05, 0) is 37.5 Å². The Hall–Kier alpha value is -1.04. The third kappa shape index (κ3) is 2.18. The third-order valence-electron chi connectivity index (χ3n) is 4.40. The summed E-state index contributed by atoms with van der Waals surface area (Å²) in [6.45, 7) is 6.03. The molecule has 0 aromatic rings. The van der Waals surface area contributed by atoms with Crippen molar-refractivity contribution in [2.75, 3.05) is 13.1 Å². The molecule has 1 saturated heterocycles. The minimum absolute atomic E-state index is 0.108. The van der Waals surface area contributed by atoms with Crippen LogP contribution >= 0.6 is 0 Å². The maximum atomic E-state index is 12.4. The summed E-state index contributed by atoms with van der Waals surface area (Å²) in [5, 5.41) is 9.28. The highest BCUT2D eigenvalue weighted by Crippen LogP contribution is 2.46. The maximum Gasteiger partial charge on any atom is 0.243 e. The van der Waals surface area contributed by atoms with E-state index < -0.39 is 5.41 Å². The lowest BCUT2D eigenvalue weighted by molar-refractivity contribution is -0.147. The molecule has 0 aromatic heterocycles. The first kappa shape index (κ1) is 12.4. The molecule has 1 amide bonds. The predicted molar refractivity (Wildman–Crippen MR) is 66.0 cm³/mol. The van der Waals surface area contributed by atoms with Crippen molar-refractivity contribution in [3.8, 4) is 6.07 Å². The standard InChI is InChI=1S/C14H22N2O/c1-3-12-5-4-6-16(9-12)13(17)14(10-15)7-11(2)8-14/h11-12H,3-9H2,1-2H3. The number of carbonyl (C=O) groups is 1. The van der Waals surface area contributed by atoms with Crippen LogP contribution < -0.4 is 0 Å². The molecule has 2 aliphatic rings. The zero-order chi connectivity index (χ0) is 12.5. The average molecular weight is 234 g/mol. The van der Waals surface area contributed by atoms with E-state index in [-0.39, 0.29) is 5.91 Å². The number of carbonyl (C=O) groups excluding carboxylic acids is 1. The lowest BCUT2D eigenvalue weighted by atomic mass is 9.62. The van der Waals surface area contributed by atoms with Gasteiger partial charge in [-0.15, -0.1) is 0 Å². The summed E-state index contributed by atoms with van der Waals surface area (Å²) < 4.78 is 0. The Balaban J connectivity index is 2.02. The SMILES string of the molecule is CCC1CCCN(C(=O)C2(C#N)CC(C)C2)C1. The number of hydrogen-bond acceptors (Lipinski definition) is 2. The second kappa shape index (κ2) is 4.68. The lowest BCUT2D eigenvalue weighted by Crippen LogP contribution is -2.52. The number of rotatable bonds is 2. The summed E-state index contributed by atoms with van der Waals surface area (Å²) in [7, 11) is 0. The smallest absolute Gasteiger partial charge is 0.243 e. The van der Waals surface area contributed by atoms with E-state index in [1.54, 1.807) is 0 Å². The molecule has 17 heavy (non-hydrogen) atoms. The Morgan fingerprint density at radius 2 is 2.24 bits per heavy atom. The summed E-state index contributed by atoms with van der Waals surface area (Å²) in [5.74, 6) is 1.28. The van der Waals surface area contributed by atoms with Crippen LogP contribution in [0.5, 0.6) is 0 Å². The Morgan fingerprint density at radius 3 is 2.76 bits per heavy atom. The van der Waals surface area contributed by atoms with Crippen molar-refractivity contribution in [1.29, 1.82) is 5.26 Å². The van der Waals surface area contributed by atoms with Crippen LogP contribution in [0.15, 0.2) is 0 Å². The molecule has 0 bridgehead atoms. The quantitative estimate of drug-likeness (QED) is 0.737. The zero-order valence-corrected chi connectivity index (χ0v) is 10.9. The normalized spacial score (nSPS) is 37.1. The molecule has 1 atom stereocenters. The van der Waals surface area contributed by atoms with E-state index in [0.717, 1.165) is 38.8 Å². The van der Waals surface area contributed by atoms with Gasteiger partial charge in [0.1, 0.15) is 5.41 Å². The monoisotopic (exact) mass is 234 g/mol. The molecule has 2 fully saturated rings. The minimum atomic E-state index is -0.672. The summed E-state index contributed by atoms with van der Waals surface area (Å²) in [6, 6.07) is 2.28. The van der Waals surface area contributed by atoms with Crippen molar-refractivity contribution >= 4 is 5.91 Å². The molecule has 0 aromatic carbocycles. The second-order valence-electron chi connectivity index (χ2n) is 5.88. The molecule has 3 nitrogen and oxygen atoms in total. The van der Waals surface area contributed by atoms with E-state index in [1.807, 2.05) is 4.90 Å². The topological polar surface area (TPSA) is 44.1 Å². The lowest BCUT2D eigenvalue weighted by Gasteiger charge is -2.44. The molecule has 1 aliphatic carbocycles. The molecule has 2 rings (SSSR count). The minimum Gasteiger partial charge on any atom is -0.341 e. The molecule has 3 heteroatoms. The molecular weight excluding hydrogens is 212 g/mol. The molecule has 0 radical (unpaired) electrons. The fraction of sp³-hybridized carbons (Fsp3) is 0.857.